The molecular formula is C14H23Cl2N3O2. The highest BCUT2D eigenvalue weighted by Gasteiger charge is 2.37. The molecule has 1 amide bonds. The van der Waals surface area contributed by atoms with Crippen LogP contribution in [-0.2, 0) is 11.2 Å². The second kappa shape index (κ2) is 7.94. The number of aromatic nitrogens is 1. The molecule has 7 heteroatoms. The highest BCUT2D eigenvalue weighted by atomic mass is 35.5. The molecular weight excluding hydrogens is 313 g/mol. The number of aliphatic hydroxyl groups is 1. The highest BCUT2D eigenvalue weighted by Crippen LogP contribution is 2.23. The molecule has 2 atom stereocenters. The molecule has 2 heterocycles. The molecule has 0 aliphatic carbocycles. The Labute approximate surface area is 137 Å². The Morgan fingerprint density at radius 3 is 2.48 bits per heavy atom. The zero-order valence-corrected chi connectivity index (χ0v) is 13.9. The Kier molecular flexibility index (Phi) is 7.61. The van der Waals surface area contributed by atoms with Crippen molar-refractivity contribution in [2.45, 2.75) is 31.9 Å². The SMILES string of the molecule is CC(C)(N)C(=O)N1C[C@@H](Cc2ccncc2)[C@H](O)C1.Cl.Cl. The van der Waals surface area contributed by atoms with Gasteiger partial charge in [-0.15, -0.1) is 24.8 Å². The van der Waals surface area contributed by atoms with Crippen LogP contribution in [0.5, 0.6) is 0 Å². The minimum absolute atomic E-state index is 0. The molecule has 5 nitrogen and oxygen atoms in total. The van der Waals surface area contributed by atoms with Crippen LogP contribution in [0.2, 0.25) is 0 Å². The fourth-order valence-electron chi connectivity index (χ4n) is 2.45. The molecule has 1 aliphatic heterocycles. The number of pyridine rings is 1. The van der Waals surface area contributed by atoms with Gasteiger partial charge >= 0.3 is 0 Å². The standard InChI is InChI=1S/C14H21N3O2.2ClH/c1-14(2,15)13(19)17-8-11(12(18)9-17)7-10-3-5-16-6-4-10;;/h3-6,11-12,18H,7-9,15H2,1-2H3;2*1H/t11-,12-;;/m1../s1. The number of likely N-dealkylation sites (tertiary alicyclic amines) is 1. The summed E-state index contributed by atoms with van der Waals surface area (Å²) < 4.78 is 0. The molecule has 0 unspecified atom stereocenters. The van der Waals surface area contributed by atoms with E-state index in [1.54, 1.807) is 31.1 Å². The average molecular weight is 336 g/mol. The minimum atomic E-state index is -0.884. The summed E-state index contributed by atoms with van der Waals surface area (Å²) in [4.78, 5) is 17.7. The first-order valence-electron chi connectivity index (χ1n) is 6.53. The van der Waals surface area contributed by atoms with Gasteiger partial charge in [-0.05, 0) is 38.0 Å². The van der Waals surface area contributed by atoms with Crippen molar-refractivity contribution < 1.29 is 9.90 Å². The molecule has 2 rings (SSSR count). The first-order valence-corrected chi connectivity index (χ1v) is 6.53. The fraction of sp³-hybridized carbons (Fsp3) is 0.571. The molecule has 1 aromatic rings. The zero-order chi connectivity index (χ0) is 14.0. The summed E-state index contributed by atoms with van der Waals surface area (Å²) in [6.45, 7) is 4.31. The summed E-state index contributed by atoms with van der Waals surface area (Å²) >= 11 is 0. The summed E-state index contributed by atoms with van der Waals surface area (Å²) in [5.41, 5.74) is 6.06. The third kappa shape index (κ3) is 5.11. The maximum Gasteiger partial charge on any atom is 0.242 e. The lowest BCUT2D eigenvalue weighted by atomic mass is 9.97. The summed E-state index contributed by atoms with van der Waals surface area (Å²) in [6.07, 6.45) is 3.74. The number of carbonyl (C=O) groups is 1. The Balaban J connectivity index is 0.00000200. The summed E-state index contributed by atoms with van der Waals surface area (Å²) in [5.74, 6) is -0.0440. The molecule has 0 spiro atoms. The number of nitrogens with zero attached hydrogens (tertiary/aromatic N) is 2. The van der Waals surface area contributed by atoms with Crippen LogP contribution in [0, 0.1) is 5.92 Å². The second-order valence-corrected chi connectivity index (χ2v) is 5.82. The number of carbonyl (C=O) groups excluding carboxylic acids is 1. The van der Waals surface area contributed by atoms with E-state index >= 15 is 0 Å². The molecule has 0 aromatic carbocycles. The lowest BCUT2D eigenvalue weighted by molar-refractivity contribution is -0.135. The van der Waals surface area contributed by atoms with Crippen LogP contribution in [-0.4, -0.2) is 45.6 Å². The van der Waals surface area contributed by atoms with Crippen molar-refractivity contribution >= 4 is 30.7 Å². The Morgan fingerprint density at radius 1 is 1.38 bits per heavy atom. The van der Waals surface area contributed by atoms with Gasteiger partial charge in [-0.2, -0.15) is 0 Å². The number of β-amino-alcohol motifs (C(OH)–C–C–N with tert-alkyl or cyclic N) is 1. The first-order chi connectivity index (χ1) is 8.88. The Bertz CT molecular complexity index is 451. The lowest BCUT2D eigenvalue weighted by Gasteiger charge is -2.25. The van der Waals surface area contributed by atoms with Crippen molar-refractivity contribution in [1.82, 2.24) is 9.88 Å². The lowest BCUT2D eigenvalue weighted by Crippen LogP contribution is -2.50. The van der Waals surface area contributed by atoms with E-state index in [9.17, 15) is 9.90 Å². The van der Waals surface area contributed by atoms with E-state index in [1.807, 2.05) is 12.1 Å². The van der Waals surface area contributed by atoms with Gasteiger partial charge in [0.05, 0.1) is 11.6 Å². The maximum atomic E-state index is 12.1. The van der Waals surface area contributed by atoms with Crippen LogP contribution in [0.4, 0.5) is 0 Å². The van der Waals surface area contributed by atoms with Gasteiger partial charge in [-0.25, -0.2) is 0 Å². The van der Waals surface area contributed by atoms with Crippen LogP contribution in [0.25, 0.3) is 0 Å². The molecule has 1 saturated heterocycles. The van der Waals surface area contributed by atoms with E-state index in [2.05, 4.69) is 4.98 Å². The minimum Gasteiger partial charge on any atom is -0.391 e. The molecule has 0 radical (unpaired) electrons. The van der Waals surface area contributed by atoms with E-state index < -0.39 is 11.6 Å². The number of amides is 1. The number of hydrogen-bond acceptors (Lipinski definition) is 4. The number of nitrogens with two attached hydrogens (primary N) is 1. The number of rotatable bonds is 3. The number of halogens is 2. The van der Waals surface area contributed by atoms with Crippen LogP contribution in [0.1, 0.15) is 19.4 Å². The Morgan fingerprint density at radius 2 is 1.95 bits per heavy atom. The quantitative estimate of drug-likeness (QED) is 0.864. The van der Waals surface area contributed by atoms with Crippen LogP contribution >= 0.6 is 24.8 Å². The van der Waals surface area contributed by atoms with E-state index in [1.165, 1.54) is 0 Å². The summed E-state index contributed by atoms with van der Waals surface area (Å²) in [7, 11) is 0. The number of hydrogen-bond donors (Lipinski definition) is 2. The van der Waals surface area contributed by atoms with Gasteiger partial charge in [-0.1, -0.05) is 0 Å². The van der Waals surface area contributed by atoms with Gasteiger partial charge in [0, 0.05) is 31.4 Å². The largest absolute Gasteiger partial charge is 0.391 e. The predicted molar refractivity (Wildman–Crippen MR) is 86.8 cm³/mol. The first kappa shape index (κ1) is 20.1. The zero-order valence-electron chi connectivity index (χ0n) is 12.2. The van der Waals surface area contributed by atoms with E-state index in [0.717, 1.165) is 12.0 Å². The van der Waals surface area contributed by atoms with Gasteiger partial charge in [0.25, 0.3) is 0 Å². The molecule has 1 aromatic heterocycles. The Hall–Kier alpha value is -0.880. The third-order valence-corrected chi connectivity index (χ3v) is 3.49. The highest BCUT2D eigenvalue weighted by molar-refractivity contribution is 5.86. The van der Waals surface area contributed by atoms with Crippen LogP contribution < -0.4 is 5.73 Å². The average Bonchev–Trinajstić information content (AvgIpc) is 2.70. The molecule has 1 fully saturated rings. The monoisotopic (exact) mass is 335 g/mol. The van der Waals surface area contributed by atoms with Gasteiger partial charge in [0.15, 0.2) is 0 Å². The molecule has 3 N–H and O–H groups in total. The summed E-state index contributed by atoms with van der Waals surface area (Å²) in [6, 6.07) is 3.87. The number of aliphatic hydroxyl groups excluding tert-OH is 1. The van der Waals surface area contributed by atoms with Gasteiger partial charge in [-0.3, -0.25) is 9.78 Å². The van der Waals surface area contributed by atoms with Crippen molar-refractivity contribution in [3.8, 4) is 0 Å². The molecule has 0 bridgehead atoms. The van der Waals surface area contributed by atoms with Crippen LogP contribution in [0.3, 0.4) is 0 Å². The predicted octanol–water partition coefficient (Wildman–Crippen LogP) is 1.02. The fourth-order valence-corrected chi connectivity index (χ4v) is 2.45. The smallest absolute Gasteiger partial charge is 0.242 e. The maximum absolute atomic E-state index is 12.1. The van der Waals surface area contributed by atoms with Gasteiger partial charge in [0.1, 0.15) is 0 Å². The summed E-state index contributed by atoms with van der Waals surface area (Å²) in [5, 5.41) is 10.1. The van der Waals surface area contributed by atoms with E-state index in [0.29, 0.717) is 13.1 Å². The van der Waals surface area contributed by atoms with E-state index in [4.69, 9.17) is 5.73 Å². The molecule has 0 saturated carbocycles. The second-order valence-electron chi connectivity index (χ2n) is 5.82. The van der Waals surface area contributed by atoms with Gasteiger partial charge in [0.2, 0.25) is 5.91 Å². The van der Waals surface area contributed by atoms with E-state index in [-0.39, 0.29) is 36.6 Å². The normalized spacial score (nSPS) is 21.4. The van der Waals surface area contributed by atoms with Crippen LogP contribution in [0.15, 0.2) is 24.5 Å². The molecule has 1 aliphatic rings. The van der Waals surface area contributed by atoms with Gasteiger partial charge < -0.3 is 15.7 Å². The topological polar surface area (TPSA) is 79.5 Å². The van der Waals surface area contributed by atoms with Crippen molar-refractivity contribution in [2.24, 2.45) is 11.7 Å². The molecule has 21 heavy (non-hydrogen) atoms. The van der Waals surface area contributed by atoms with Crippen molar-refractivity contribution in [1.29, 1.82) is 0 Å². The third-order valence-electron chi connectivity index (χ3n) is 3.49. The van der Waals surface area contributed by atoms with Crippen molar-refractivity contribution in [3.63, 3.8) is 0 Å². The van der Waals surface area contributed by atoms with Crippen molar-refractivity contribution in [2.75, 3.05) is 13.1 Å². The molecule has 120 valence electrons. The van der Waals surface area contributed by atoms with Crippen molar-refractivity contribution in [3.05, 3.63) is 30.1 Å².